The highest BCUT2D eigenvalue weighted by Crippen LogP contribution is 2.15. The van der Waals surface area contributed by atoms with Gasteiger partial charge in [-0.2, -0.15) is 0 Å². The van der Waals surface area contributed by atoms with Gasteiger partial charge < -0.3 is 15.0 Å². The number of carbonyl (C=O) groups excluding carboxylic acids is 1. The van der Waals surface area contributed by atoms with E-state index in [-0.39, 0.29) is 11.5 Å². The molecule has 1 aromatic carbocycles. The Hall–Kier alpha value is -1.62. The van der Waals surface area contributed by atoms with Crippen molar-refractivity contribution in [3.63, 3.8) is 0 Å². The largest absolute Gasteiger partial charge is 0.497 e. The molecule has 0 atom stereocenters. The van der Waals surface area contributed by atoms with Gasteiger partial charge in [0.15, 0.2) is 0 Å². The molecule has 0 fully saturated rings. The number of rotatable bonds is 8. The van der Waals surface area contributed by atoms with E-state index in [0.29, 0.717) is 12.3 Å². The Morgan fingerprint density at radius 3 is 2.60 bits per heavy atom. The number of nitrogens with zero attached hydrogens (tertiary/aromatic N) is 1. The Bertz CT molecular complexity index is 434. The van der Waals surface area contributed by atoms with Crippen LogP contribution >= 0.6 is 0 Å². The van der Waals surface area contributed by atoms with E-state index in [1.54, 1.807) is 6.07 Å². The van der Waals surface area contributed by atoms with Gasteiger partial charge in [0, 0.05) is 12.6 Å². The lowest BCUT2D eigenvalue weighted by Gasteiger charge is -2.17. The van der Waals surface area contributed by atoms with Crippen molar-refractivity contribution < 1.29 is 13.9 Å². The van der Waals surface area contributed by atoms with Gasteiger partial charge in [0.25, 0.3) is 5.91 Å². The summed E-state index contributed by atoms with van der Waals surface area (Å²) in [6.45, 7) is 7.68. The molecule has 0 heterocycles. The summed E-state index contributed by atoms with van der Waals surface area (Å²) in [5.41, 5.74) is 0.0497. The monoisotopic (exact) mass is 282 g/mol. The molecule has 0 saturated heterocycles. The van der Waals surface area contributed by atoms with Gasteiger partial charge in [0.05, 0.1) is 12.7 Å². The maximum atomic E-state index is 13.7. The van der Waals surface area contributed by atoms with Gasteiger partial charge >= 0.3 is 0 Å². The van der Waals surface area contributed by atoms with Crippen LogP contribution in [0.4, 0.5) is 4.39 Å². The fourth-order valence-corrected chi connectivity index (χ4v) is 1.95. The van der Waals surface area contributed by atoms with Crippen LogP contribution in [0.15, 0.2) is 18.2 Å². The van der Waals surface area contributed by atoms with E-state index < -0.39 is 5.82 Å². The molecule has 0 saturated carbocycles. The Balaban J connectivity index is 2.43. The first-order valence-corrected chi connectivity index (χ1v) is 6.96. The number of nitrogens with one attached hydrogen (secondary N) is 1. The predicted octanol–water partition coefficient (Wildman–Crippen LogP) is 2.30. The zero-order valence-electron chi connectivity index (χ0n) is 12.4. The fraction of sp³-hybridized carbons (Fsp3) is 0.533. The Morgan fingerprint density at radius 2 is 2.05 bits per heavy atom. The normalized spacial score (nSPS) is 10.7. The lowest BCUT2D eigenvalue weighted by molar-refractivity contribution is 0.0947. The SMILES string of the molecule is CCN(CC)CCCNC(=O)c1ccc(OC)cc1F. The van der Waals surface area contributed by atoms with Crippen molar-refractivity contribution >= 4 is 5.91 Å². The third-order valence-electron chi connectivity index (χ3n) is 3.25. The Labute approximate surface area is 119 Å². The molecule has 0 aromatic heterocycles. The third kappa shape index (κ3) is 4.81. The van der Waals surface area contributed by atoms with Crippen LogP contribution in [0.1, 0.15) is 30.6 Å². The lowest BCUT2D eigenvalue weighted by Crippen LogP contribution is -2.30. The molecule has 1 amide bonds. The first kappa shape index (κ1) is 16.4. The van der Waals surface area contributed by atoms with Crippen LogP contribution in [0.5, 0.6) is 5.75 Å². The minimum Gasteiger partial charge on any atom is -0.497 e. The molecule has 0 radical (unpaired) electrons. The van der Waals surface area contributed by atoms with Gasteiger partial charge in [-0.3, -0.25) is 4.79 Å². The zero-order chi connectivity index (χ0) is 15.0. The first-order valence-electron chi connectivity index (χ1n) is 6.96. The van der Waals surface area contributed by atoms with Crippen LogP contribution in [0.3, 0.4) is 0 Å². The fourth-order valence-electron chi connectivity index (χ4n) is 1.95. The van der Waals surface area contributed by atoms with Crippen molar-refractivity contribution in [1.29, 1.82) is 0 Å². The topological polar surface area (TPSA) is 41.6 Å². The van der Waals surface area contributed by atoms with Crippen molar-refractivity contribution in [3.05, 3.63) is 29.6 Å². The molecule has 0 aliphatic rings. The van der Waals surface area contributed by atoms with Gasteiger partial charge in [0.1, 0.15) is 11.6 Å². The quantitative estimate of drug-likeness (QED) is 0.744. The lowest BCUT2D eigenvalue weighted by atomic mass is 10.2. The second-order valence-electron chi connectivity index (χ2n) is 4.48. The number of amides is 1. The molecule has 112 valence electrons. The van der Waals surface area contributed by atoms with Crippen molar-refractivity contribution in [2.45, 2.75) is 20.3 Å². The molecule has 1 aromatic rings. The van der Waals surface area contributed by atoms with Gasteiger partial charge in [-0.05, 0) is 38.2 Å². The molecule has 4 nitrogen and oxygen atoms in total. The smallest absolute Gasteiger partial charge is 0.254 e. The van der Waals surface area contributed by atoms with Crippen LogP contribution in [0.2, 0.25) is 0 Å². The molecule has 20 heavy (non-hydrogen) atoms. The van der Waals surface area contributed by atoms with E-state index in [4.69, 9.17) is 4.74 Å². The van der Waals surface area contributed by atoms with E-state index in [2.05, 4.69) is 24.1 Å². The van der Waals surface area contributed by atoms with Crippen molar-refractivity contribution in [1.82, 2.24) is 10.2 Å². The number of hydrogen-bond donors (Lipinski definition) is 1. The van der Waals surface area contributed by atoms with Gasteiger partial charge in [-0.15, -0.1) is 0 Å². The first-order chi connectivity index (χ1) is 9.62. The molecule has 1 N–H and O–H groups in total. The summed E-state index contributed by atoms with van der Waals surface area (Å²) in [5.74, 6) is -0.545. The minimum absolute atomic E-state index is 0.0497. The average Bonchev–Trinajstić information content (AvgIpc) is 2.47. The van der Waals surface area contributed by atoms with E-state index in [0.717, 1.165) is 26.1 Å². The second kappa shape index (κ2) is 8.53. The molecule has 0 bridgehead atoms. The molecule has 0 aliphatic heterocycles. The third-order valence-corrected chi connectivity index (χ3v) is 3.25. The van der Waals surface area contributed by atoms with Crippen LogP contribution in [0.25, 0.3) is 0 Å². The zero-order valence-corrected chi connectivity index (χ0v) is 12.4. The number of halogens is 1. The highest BCUT2D eigenvalue weighted by Gasteiger charge is 2.12. The number of carbonyl (C=O) groups is 1. The molecule has 0 unspecified atom stereocenters. The van der Waals surface area contributed by atoms with E-state index in [9.17, 15) is 9.18 Å². The van der Waals surface area contributed by atoms with Crippen LogP contribution in [0, 0.1) is 5.82 Å². The Kier molecular flexibility index (Phi) is 7.01. The number of methoxy groups -OCH3 is 1. The summed E-state index contributed by atoms with van der Waals surface area (Å²) >= 11 is 0. The number of hydrogen-bond acceptors (Lipinski definition) is 3. The molecule has 0 spiro atoms. The van der Waals surface area contributed by atoms with E-state index >= 15 is 0 Å². The highest BCUT2D eigenvalue weighted by atomic mass is 19.1. The van der Waals surface area contributed by atoms with Gasteiger partial charge in [0.2, 0.25) is 0 Å². The van der Waals surface area contributed by atoms with Gasteiger partial charge in [-0.1, -0.05) is 13.8 Å². The summed E-state index contributed by atoms with van der Waals surface area (Å²) in [4.78, 5) is 14.1. The molecule has 1 rings (SSSR count). The Morgan fingerprint density at radius 1 is 1.35 bits per heavy atom. The van der Waals surface area contributed by atoms with Crippen LogP contribution < -0.4 is 10.1 Å². The van der Waals surface area contributed by atoms with Crippen LogP contribution in [-0.4, -0.2) is 44.1 Å². The molecular weight excluding hydrogens is 259 g/mol. The summed E-state index contributed by atoms with van der Waals surface area (Å²) in [7, 11) is 1.46. The maximum Gasteiger partial charge on any atom is 0.254 e. The summed E-state index contributed by atoms with van der Waals surface area (Å²) < 4.78 is 18.6. The maximum absolute atomic E-state index is 13.7. The van der Waals surface area contributed by atoms with E-state index in [1.807, 2.05) is 0 Å². The van der Waals surface area contributed by atoms with Crippen molar-refractivity contribution in [2.75, 3.05) is 33.3 Å². The molecule has 0 aliphatic carbocycles. The molecule has 5 heteroatoms. The standard InChI is InChI=1S/C15H23FN2O2/c1-4-18(5-2)10-6-9-17-15(19)13-8-7-12(20-3)11-14(13)16/h7-8,11H,4-6,9-10H2,1-3H3,(H,17,19). The average molecular weight is 282 g/mol. The summed E-state index contributed by atoms with van der Waals surface area (Å²) in [5, 5.41) is 2.73. The number of benzene rings is 1. The van der Waals surface area contributed by atoms with Gasteiger partial charge in [-0.25, -0.2) is 4.39 Å². The number of ether oxygens (including phenoxy) is 1. The summed E-state index contributed by atoms with van der Waals surface area (Å²) in [6, 6.07) is 4.23. The van der Waals surface area contributed by atoms with Crippen LogP contribution in [-0.2, 0) is 0 Å². The molecular formula is C15H23FN2O2. The minimum atomic E-state index is -0.564. The highest BCUT2D eigenvalue weighted by molar-refractivity contribution is 5.94. The summed E-state index contributed by atoms with van der Waals surface area (Å²) in [6.07, 6.45) is 0.852. The van der Waals surface area contributed by atoms with Crippen molar-refractivity contribution in [2.24, 2.45) is 0 Å². The van der Waals surface area contributed by atoms with E-state index in [1.165, 1.54) is 19.2 Å². The van der Waals surface area contributed by atoms with Crippen molar-refractivity contribution in [3.8, 4) is 5.75 Å². The second-order valence-corrected chi connectivity index (χ2v) is 4.48. The predicted molar refractivity (Wildman–Crippen MR) is 77.7 cm³/mol.